The molecule has 1 fully saturated rings. The number of alkyl halides is 1. The van der Waals surface area contributed by atoms with E-state index in [2.05, 4.69) is 28.1 Å². The van der Waals surface area contributed by atoms with Crippen molar-refractivity contribution >= 4 is 22.0 Å². The molecule has 0 saturated heterocycles. The number of methoxy groups -OCH3 is 1. The third kappa shape index (κ3) is 4.26. The van der Waals surface area contributed by atoms with Gasteiger partial charge in [0.1, 0.15) is 0 Å². The van der Waals surface area contributed by atoms with Gasteiger partial charge in [0.2, 0.25) is 0 Å². The summed E-state index contributed by atoms with van der Waals surface area (Å²) in [6.45, 7) is 2.64. The standard InChI is InChI=1S/C18H25BrO2/c1-3-21-17-11-7-10-15(18(17)20-2)12-16(13-19)14-8-5-4-6-9-14/h7,10-12,14H,3-6,8-9,13H2,1-2H3/b16-12-. The van der Waals surface area contributed by atoms with Gasteiger partial charge in [-0.2, -0.15) is 0 Å². The van der Waals surface area contributed by atoms with E-state index in [1.165, 1.54) is 37.7 Å². The van der Waals surface area contributed by atoms with Crippen LogP contribution in [0, 0.1) is 5.92 Å². The van der Waals surface area contributed by atoms with Gasteiger partial charge in [-0.1, -0.05) is 59.0 Å². The average molecular weight is 353 g/mol. The first kappa shape index (κ1) is 16.4. The van der Waals surface area contributed by atoms with E-state index in [1.807, 2.05) is 19.1 Å². The number of para-hydroxylation sites is 1. The van der Waals surface area contributed by atoms with Gasteiger partial charge in [-0.05, 0) is 31.7 Å². The smallest absolute Gasteiger partial charge is 0.167 e. The first-order chi connectivity index (χ1) is 10.3. The Morgan fingerprint density at radius 2 is 2.05 bits per heavy atom. The number of ether oxygens (including phenoxy) is 2. The van der Waals surface area contributed by atoms with Gasteiger partial charge in [-0.15, -0.1) is 0 Å². The number of hydrogen-bond donors (Lipinski definition) is 0. The fourth-order valence-electron chi connectivity index (χ4n) is 3.07. The molecule has 1 aliphatic carbocycles. The van der Waals surface area contributed by atoms with Crippen LogP contribution in [-0.2, 0) is 0 Å². The van der Waals surface area contributed by atoms with Crippen LogP contribution < -0.4 is 9.47 Å². The summed E-state index contributed by atoms with van der Waals surface area (Å²) >= 11 is 3.66. The van der Waals surface area contributed by atoms with Gasteiger partial charge >= 0.3 is 0 Å². The highest BCUT2D eigenvalue weighted by molar-refractivity contribution is 9.09. The molecule has 0 atom stereocenters. The van der Waals surface area contributed by atoms with E-state index >= 15 is 0 Å². The van der Waals surface area contributed by atoms with Gasteiger partial charge in [0.05, 0.1) is 13.7 Å². The molecule has 2 rings (SSSR count). The summed E-state index contributed by atoms with van der Waals surface area (Å²) in [5, 5.41) is 0.930. The molecule has 3 heteroatoms. The van der Waals surface area contributed by atoms with Crippen molar-refractivity contribution in [1.82, 2.24) is 0 Å². The number of allylic oxidation sites excluding steroid dienone is 1. The van der Waals surface area contributed by atoms with E-state index in [1.54, 1.807) is 7.11 Å². The second-order valence-electron chi connectivity index (χ2n) is 5.50. The lowest BCUT2D eigenvalue weighted by Crippen LogP contribution is -2.10. The number of rotatable bonds is 6. The number of hydrogen-bond acceptors (Lipinski definition) is 2. The Kier molecular flexibility index (Phi) is 6.62. The van der Waals surface area contributed by atoms with Crippen molar-refractivity contribution in [3.8, 4) is 11.5 Å². The first-order valence-electron chi connectivity index (χ1n) is 7.86. The molecule has 1 aromatic carbocycles. The Morgan fingerprint density at radius 1 is 1.29 bits per heavy atom. The third-order valence-corrected chi connectivity index (χ3v) is 4.79. The van der Waals surface area contributed by atoms with E-state index in [9.17, 15) is 0 Å². The maximum absolute atomic E-state index is 5.66. The second kappa shape index (κ2) is 8.47. The number of benzene rings is 1. The number of halogens is 1. The highest BCUT2D eigenvalue weighted by atomic mass is 79.9. The zero-order valence-electron chi connectivity index (χ0n) is 13.0. The van der Waals surface area contributed by atoms with E-state index < -0.39 is 0 Å². The van der Waals surface area contributed by atoms with Crippen LogP contribution in [0.15, 0.2) is 23.8 Å². The second-order valence-corrected chi connectivity index (χ2v) is 6.06. The molecule has 0 spiro atoms. The van der Waals surface area contributed by atoms with Crippen molar-refractivity contribution in [3.63, 3.8) is 0 Å². The molecule has 116 valence electrons. The fourth-order valence-corrected chi connectivity index (χ4v) is 3.69. The highest BCUT2D eigenvalue weighted by Gasteiger charge is 2.18. The molecule has 0 aliphatic heterocycles. The summed E-state index contributed by atoms with van der Waals surface area (Å²) in [6.07, 6.45) is 8.99. The van der Waals surface area contributed by atoms with Crippen LogP contribution in [0.4, 0.5) is 0 Å². The lowest BCUT2D eigenvalue weighted by molar-refractivity contribution is 0.310. The van der Waals surface area contributed by atoms with Crippen LogP contribution >= 0.6 is 15.9 Å². The van der Waals surface area contributed by atoms with Crippen LogP contribution in [-0.4, -0.2) is 19.0 Å². The van der Waals surface area contributed by atoms with Gasteiger partial charge in [0, 0.05) is 10.9 Å². The summed E-state index contributed by atoms with van der Waals surface area (Å²) < 4.78 is 11.2. The summed E-state index contributed by atoms with van der Waals surface area (Å²) in [4.78, 5) is 0. The van der Waals surface area contributed by atoms with Crippen molar-refractivity contribution in [2.24, 2.45) is 5.92 Å². The van der Waals surface area contributed by atoms with Crippen LogP contribution in [0.3, 0.4) is 0 Å². The minimum absolute atomic E-state index is 0.650. The highest BCUT2D eigenvalue weighted by Crippen LogP contribution is 2.36. The Bertz CT molecular complexity index is 476. The Morgan fingerprint density at radius 3 is 2.67 bits per heavy atom. The van der Waals surface area contributed by atoms with Gasteiger partial charge < -0.3 is 9.47 Å². The van der Waals surface area contributed by atoms with Crippen LogP contribution in [0.25, 0.3) is 6.08 Å². The van der Waals surface area contributed by atoms with Crippen LogP contribution in [0.2, 0.25) is 0 Å². The van der Waals surface area contributed by atoms with Gasteiger partial charge in [0.15, 0.2) is 11.5 Å². The molecule has 0 aromatic heterocycles. The third-order valence-electron chi connectivity index (χ3n) is 4.14. The van der Waals surface area contributed by atoms with Crippen molar-refractivity contribution in [2.75, 3.05) is 19.0 Å². The molecular weight excluding hydrogens is 328 g/mol. The van der Waals surface area contributed by atoms with Gasteiger partial charge in [0.25, 0.3) is 0 Å². The topological polar surface area (TPSA) is 18.5 Å². The molecule has 0 radical (unpaired) electrons. The van der Waals surface area contributed by atoms with E-state index in [-0.39, 0.29) is 0 Å². The molecule has 1 aliphatic rings. The average Bonchev–Trinajstić information content (AvgIpc) is 2.54. The van der Waals surface area contributed by atoms with E-state index in [4.69, 9.17) is 9.47 Å². The van der Waals surface area contributed by atoms with Crippen LogP contribution in [0.5, 0.6) is 11.5 Å². The van der Waals surface area contributed by atoms with Gasteiger partial charge in [-0.25, -0.2) is 0 Å². The largest absolute Gasteiger partial charge is 0.492 e. The minimum atomic E-state index is 0.650. The monoisotopic (exact) mass is 352 g/mol. The van der Waals surface area contributed by atoms with Gasteiger partial charge in [-0.3, -0.25) is 0 Å². The molecule has 0 heterocycles. The summed E-state index contributed by atoms with van der Waals surface area (Å²) in [5.74, 6) is 2.37. The Hall–Kier alpha value is -0.960. The minimum Gasteiger partial charge on any atom is -0.492 e. The quantitative estimate of drug-likeness (QED) is 0.633. The van der Waals surface area contributed by atoms with E-state index in [0.717, 1.165) is 22.4 Å². The Labute approximate surface area is 136 Å². The molecule has 0 bridgehead atoms. The Balaban J connectivity index is 2.30. The first-order valence-corrected chi connectivity index (χ1v) is 8.98. The SMILES string of the molecule is CCOc1cccc(/C=C(/CBr)C2CCCCC2)c1OC. The molecule has 21 heavy (non-hydrogen) atoms. The van der Waals surface area contributed by atoms with Crippen LogP contribution in [0.1, 0.15) is 44.6 Å². The molecule has 0 unspecified atom stereocenters. The molecule has 2 nitrogen and oxygen atoms in total. The molecular formula is C18H25BrO2. The molecule has 0 amide bonds. The summed E-state index contributed by atoms with van der Waals surface area (Å²) in [5.41, 5.74) is 2.59. The predicted molar refractivity (Wildman–Crippen MR) is 92.5 cm³/mol. The van der Waals surface area contributed by atoms with Crippen molar-refractivity contribution in [2.45, 2.75) is 39.0 Å². The molecule has 0 N–H and O–H groups in total. The zero-order chi connectivity index (χ0) is 15.1. The summed E-state index contributed by atoms with van der Waals surface area (Å²) in [7, 11) is 1.71. The van der Waals surface area contributed by atoms with Crippen molar-refractivity contribution in [3.05, 3.63) is 29.3 Å². The van der Waals surface area contributed by atoms with Crippen molar-refractivity contribution in [1.29, 1.82) is 0 Å². The van der Waals surface area contributed by atoms with E-state index in [0.29, 0.717) is 12.5 Å². The maximum atomic E-state index is 5.66. The normalized spacial score (nSPS) is 16.8. The maximum Gasteiger partial charge on any atom is 0.167 e. The summed E-state index contributed by atoms with van der Waals surface area (Å²) in [6, 6.07) is 6.10. The molecule has 1 saturated carbocycles. The lowest BCUT2D eigenvalue weighted by atomic mass is 9.83. The molecule has 1 aromatic rings. The predicted octanol–water partition coefficient (Wildman–Crippen LogP) is 5.45. The zero-order valence-corrected chi connectivity index (χ0v) is 14.6. The fraction of sp³-hybridized carbons (Fsp3) is 0.556. The van der Waals surface area contributed by atoms with Crippen molar-refractivity contribution < 1.29 is 9.47 Å². The lowest BCUT2D eigenvalue weighted by Gasteiger charge is -2.24.